The van der Waals surface area contributed by atoms with Gasteiger partial charge in [0.2, 0.25) is 0 Å². The van der Waals surface area contributed by atoms with Gasteiger partial charge >= 0.3 is 0 Å². The van der Waals surface area contributed by atoms with Crippen LogP contribution in [0.3, 0.4) is 0 Å². The summed E-state index contributed by atoms with van der Waals surface area (Å²) in [6.45, 7) is 2.06. The van der Waals surface area contributed by atoms with Crippen LogP contribution in [-0.2, 0) is 0 Å². The normalized spacial score (nSPS) is 12.1. The molecule has 4 aromatic rings. The highest BCUT2D eigenvalue weighted by molar-refractivity contribution is 6.30. The van der Waals surface area contributed by atoms with Gasteiger partial charge in [-0.2, -0.15) is 0 Å². The Morgan fingerprint density at radius 1 is 1.03 bits per heavy atom. The van der Waals surface area contributed by atoms with E-state index in [1.807, 2.05) is 54.6 Å². The van der Waals surface area contributed by atoms with Gasteiger partial charge in [-0.1, -0.05) is 54.1 Å². The molecule has 1 atom stereocenters. The first-order valence-electron chi connectivity index (χ1n) is 9.56. The van der Waals surface area contributed by atoms with E-state index in [0.29, 0.717) is 22.8 Å². The summed E-state index contributed by atoms with van der Waals surface area (Å²) in [6.07, 6.45) is 0.359. The van der Waals surface area contributed by atoms with Crippen LogP contribution >= 0.6 is 11.6 Å². The summed E-state index contributed by atoms with van der Waals surface area (Å²) in [4.78, 5) is 16.7. The highest BCUT2D eigenvalue weighted by atomic mass is 35.5. The van der Waals surface area contributed by atoms with E-state index >= 15 is 0 Å². The zero-order chi connectivity index (χ0) is 20.4. The minimum atomic E-state index is -0.0814. The van der Waals surface area contributed by atoms with E-state index in [9.17, 15) is 4.79 Å². The van der Waals surface area contributed by atoms with E-state index in [4.69, 9.17) is 16.3 Å². The second-order valence-electron chi connectivity index (χ2n) is 7.17. The van der Waals surface area contributed by atoms with Gasteiger partial charge in [0.15, 0.2) is 5.78 Å². The van der Waals surface area contributed by atoms with Crippen LogP contribution in [-0.4, -0.2) is 17.9 Å². The molecule has 1 heterocycles. The van der Waals surface area contributed by atoms with Gasteiger partial charge in [-0.05, 0) is 48.4 Å². The number of carbonyl (C=O) groups is 1. The number of nitrogens with one attached hydrogen (secondary N) is 1. The highest BCUT2D eigenvalue weighted by Crippen LogP contribution is 2.37. The van der Waals surface area contributed by atoms with Crippen molar-refractivity contribution in [2.24, 2.45) is 0 Å². The number of carbonyl (C=O) groups excluding carboxylic acids is 1. The van der Waals surface area contributed by atoms with Crippen molar-refractivity contribution < 1.29 is 9.53 Å². The number of ketones is 1. The molecule has 0 saturated heterocycles. The average Bonchev–Trinajstić information content (AvgIpc) is 3.08. The number of aryl methyl sites for hydroxylation is 1. The van der Waals surface area contributed by atoms with Gasteiger partial charge in [0.05, 0.1) is 7.11 Å². The van der Waals surface area contributed by atoms with E-state index in [0.717, 1.165) is 27.7 Å². The Bertz CT molecular complexity index is 1160. The number of fused-ring (bicyclic) bond motifs is 1. The summed E-state index contributed by atoms with van der Waals surface area (Å²) in [7, 11) is 1.61. The molecule has 1 aromatic heterocycles. The van der Waals surface area contributed by atoms with Crippen LogP contribution in [0.25, 0.3) is 10.9 Å². The van der Waals surface area contributed by atoms with Crippen molar-refractivity contribution >= 4 is 28.3 Å². The van der Waals surface area contributed by atoms with Crippen LogP contribution in [0.1, 0.15) is 39.5 Å². The number of halogens is 1. The third-order valence-electron chi connectivity index (χ3n) is 5.35. The summed E-state index contributed by atoms with van der Waals surface area (Å²) in [5.41, 5.74) is 5.02. The minimum Gasteiger partial charge on any atom is -0.497 e. The van der Waals surface area contributed by atoms with Crippen molar-refractivity contribution in [3.63, 3.8) is 0 Å². The van der Waals surface area contributed by atoms with Crippen molar-refractivity contribution in [2.45, 2.75) is 19.3 Å². The number of benzene rings is 3. The fraction of sp³-hybridized carbons (Fsp3) is 0.160. The maximum Gasteiger partial charge on any atom is 0.163 e. The maximum atomic E-state index is 13.2. The zero-order valence-corrected chi connectivity index (χ0v) is 17.2. The van der Waals surface area contributed by atoms with Gasteiger partial charge in [0.25, 0.3) is 0 Å². The molecule has 3 aromatic carbocycles. The van der Waals surface area contributed by atoms with Gasteiger partial charge in [-0.15, -0.1) is 0 Å². The fourth-order valence-electron chi connectivity index (χ4n) is 3.93. The van der Waals surface area contributed by atoms with Gasteiger partial charge in [0.1, 0.15) is 5.75 Å². The number of rotatable bonds is 6. The molecule has 146 valence electrons. The Balaban J connectivity index is 1.79. The number of Topliss-reactive ketones (excluding diaryl/α,β-unsaturated/α-hetero) is 1. The van der Waals surface area contributed by atoms with Gasteiger partial charge in [0, 0.05) is 39.5 Å². The van der Waals surface area contributed by atoms with E-state index in [1.54, 1.807) is 13.2 Å². The number of H-pyrrole nitrogens is 1. The molecule has 0 spiro atoms. The van der Waals surface area contributed by atoms with Crippen LogP contribution in [0, 0.1) is 6.92 Å². The Morgan fingerprint density at radius 2 is 1.79 bits per heavy atom. The molecule has 0 aliphatic rings. The minimum absolute atomic E-state index is 0.0773. The summed E-state index contributed by atoms with van der Waals surface area (Å²) in [5.74, 6) is 0.679. The molecule has 4 heteroatoms. The molecular formula is C25H22ClNO2. The predicted octanol–water partition coefficient (Wildman–Crippen LogP) is 6.54. The number of aromatic amines is 1. The van der Waals surface area contributed by atoms with Crippen LogP contribution in [0.2, 0.25) is 5.02 Å². The lowest BCUT2D eigenvalue weighted by Crippen LogP contribution is -2.10. The van der Waals surface area contributed by atoms with Gasteiger partial charge in [-0.25, -0.2) is 0 Å². The van der Waals surface area contributed by atoms with Crippen LogP contribution < -0.4 is 4.74 Å². The first-order valence-corrected chi connectivity index (χ1v) is 9.94. The molecule has 0 bridgehead atoms. The molecule has 3 nitrogen and oxygen atoms in total. The summed E-state index contributed by atoms with van der Waals surface area (Å²) >= 11 is 6.12. The molecule has 0 saturated carbocycles. The Kier molecular flexibility index (Phi) is 5.41. The zero-order valence-electron chi connectivity index (χ0n) is 16.4. The van der Waals surface area contributed by atoms with Crippen LogP contribution in [0.5, 0.6) is 5.75 Å². The molecule has 0 amide bonds. The molecule has 0 fully saturated rings. The SMILES string of the molecule is COc1cccc(C(=O)CC(c2ccc(Cl)cc2)c2c(C)[nH]c3ccccc23)c1. The topological polar surface area (TPSA) is 42.1 Å². The summed E-state index contributed by atoms with van der Waals surface area (Å²) in [6, 6.07) is 23.3. The van der Waals surface area contributed by atoms with E-state index in [-0.39, 0.29) is 11.7 Å². The smallest absolute Gasteiger partial charge is 0.163 e. The van der Waals surface area contributed by atoms with Crippen molar-refractivity contribution in [2.75, 3.05) is 7.11 Å². The lowest BCUT2D eigenvalue weighted by Gasteiger charge is -2.18. The third-order valence-corrected chi connectivity index (χ3v) is 5.60. The first-order chi connectivity index (χ1) is 14.1. The molecule has 0 aliphatic carbocycles. The lowest BCUT2D eigenvalue weighted by atomic mass is 9.84. The predicted molar refractivity (Wildman–Crippen MR) is 118 cm³/mol. The molecule has 0 radical (unpaired) electrons. The molecule has 1 unspecified atom stereocenters. The monoisotopic (exact) mass is 403 g/mol. The van der Waals surface area contributed by atoms with Gasteiger partial charge < -0.3 is 9.72 Å². The van der Waals surface area contributed by atoms with Crippen molar-refractivity contribution in [1.82, 2.24) is 4.98 Å². The number of methoxy groups -OCH3 is 1. The first kappa shape index (κ1) is 19.3. The second kappa shape index (κ2) is 8.14. The van der Waals surface area contributed by atoms with E-state index in [1.165, 1.54) is 0 Å². The fourth-order valence-corrected chi connectivity index (χ4v) is 4.05. The summed E-state index contributed by atoms with van der Waals surface area (Å²) in [5, 5.41) is 1.82. The quantitative estimate of drug-likeness (QED) is 0.371. The molecule has 0 aliphatic heterocycles. The van der Waals surface area contributed by atoms with Crippen LogP contribution in [0.15, 0.2) is 72.8 Å². The van der Waals surface area contributed by atoms with E-state index in [2.05, 4.69) is 24.0 Å². The number of aromatic nitrogens is 1. The average molecular weight is 404 g/mol. The second-order valence-corrected chi connectivity index (χ2v) is 7.61. The lowest BCUT2D eigenvalue weighted by molar-refractivity contribution is 0.0977. The van der Waals surface area contributed by atoms with Crippen molar-refractivity contribution in [1.29, 1.82) is 0 Å². The molecule has 1 N–H and O–H groups in total. The molecule has 4 rings (SSSR count). The molecule has 29 heavy (non-hydrogen) atoms. The Morgan fingerprint density at radius 3 is 2.55 bits per heavy atom. The number of ether oxygens (including phenoxy) is 1. The number of hydrogen-bond donors (Lipinski definition) is 1. The highest BCUT2D eigenvalue weighted by Gasteiger charge is 2.24. The third kappa shape index (κ3) is 3.92. The largest absolute Gasteiger partial charge is 0.497 e. The van der Waals surface area contributed by atoms with Crippen molar-refractivity contribution in [3.05, 3.63) is 100 Å². The maximum absolute atomic E-state index is 13.2. The van der Waals surface area contributed by atoms with Crippen molar-refractivity contribution in [3.8, 4) is 5.75 Å². The number of hydrogen-bond acceptors (Lipinski definition) is 2. The van der Waals surface area contributed by atoms with Crippen LogP contribution in [0.4, 0.5) is 0 Å². The number of para-hydroxylation sites is 1. The molecular weight excluding hydrogens is 382 g/mol. The Labute approximate surface area is 175 Å². The Hall–Kier alpha value is -3.04. The van der Waals surface area contributed by atoms with E-state index < -0.39 is 0 Å². The summed E-state index contributed by atoms with van der Waals surface area (Å²) < 4.78 is 5.28. The van der Waals surface area contributed by atoms with Gasteiger partial charge in [-0.3, -0.25) is 4.79 Å². The standard InChI is InChI=1S/C25H22ClNO2/c1-16-25(21-8-3-4-9-23(21)27-16)22(17-10-12-19(26)13-11-17)15-24(28)18-6-5-7-20(14-18)29-2/h3-14,22,27H,15H2,1-2H3.